The normalized spacial score (nSPS) is 21.6. The Hall–Kier alpha value is -0.800. The molecule has 1 heterocycles. The molecule has 1 aromatic rings. The van der Waals surface area contributed by atoms with E-state index in [1.165, 1.54) is 24.8 Å². The highest BCUT2D eigenvalue weighted by Gasteiger charge is 2.42. The van der Waals surface area contributed by atoms with Crippen LogP contribution in [0.3, 0.4) is 0 Å². The Kier molecular flexibility index (Phi) is 2.61. The third-order valence-corrected chi connectivity index (χ3v) is 3.61. The number of nitrogens with one attached hydrogen (secondary N) is 2. The van der Waals surface area contributed by atoms with Crippen LogP contribution in [0.1, 0.15) is 30.9 Å². The zero-order chi connectivity index (χ0) is 10.0. The molecule has 78 valence electrons. The second kappa shape index (κ2) is 3.75. The highest BCUT2D eigenvalue weighted by molar-refractivity contribution is 5.19. The summed E-state index contributed by atoms with van der Waals surface area (Å²) in [5, 5.41) is 3.40. The Morgan fingerprint density at radius 2 is 2.43 bits per heavy atom. The molecular weight excluding hydrogens is 174 g/mol. The summed E-state index contributed by atoms with van der Waals surface area (Å²) in [6.45, 7) is 0.781. The third-order valence-electron chi connectivity index (χ3n) is 3.61. The van der Waals surface area contributed by atoms with E-state index in [0.29, 0.717) is 11.5 Å². The molecule has 0 spiro atoms. The molecule has 1 atom stereocenters. The van der Waals surface area contributed by atoms with Crippen LogP contribution in [-0.2, 0) is 0 Å². The van der Waals surface area contributed by atoms with Gasteiger partial charge in [0.1, 0.15) is 0 Å². The maximum atomic E-state index is 5.90. The van der Waals surface area contributed by atoms with E-state index in [4.69, 9.17) is 5.73 Å². The van der Waals surface area contributed by atoms with E-state index < -0.39 is 0 Å². The fourth-order valence-electron chi connectivity index (χ4n) is 2.58. The van der Waals surface area contributed by atoms with Crippen LogP contribution in [0, 0.1) is 5.41 Å². The van der Waals surface area contributed by atoms with Crippen LogP contribution >= 0.6 is 0 Å². The highest BCUT2D eigenvalue weighted by Crippen LogP contribution is 2.49. The van der Waals surface area contributed by atoms with E-state index in [1.807, 2.05) is 13.2 Å². The molecule has 0 radical (unpaired) electrons. The number of hydrogen-bond acceptors (Lipinski definition) is 2. The molecule has 14 heavy (non-hydrogen) atoms. The van der Waals surface area contributed by atoms with Crippen LogP contribution in [0.25, 0.3) is 0 Å². The Labute approximate surface area is 85.1 Å². The molecule has 4 N–H and O–H groups in total. The van der Waals surface area contributed by atoms with Crippen LogP contribution in [0.5, 0.6) is 0 Å². The number of rotatable bonds is 4. The van der Waals surface area contributed by atoms with Crippen molar-refractivity contribution in [3.05, 3.63) is 24.0 Å². The second-order valence-electron chi connectivity index (χ2n) is 4.29. The van der Waals surface area contributed by atoms with Crippen molar-refractivity contribution < 1.29 is 0 Å². The summed E-state index contributed by atoms with van der Waals surface area (Å²) in [6, 6.07) is 2.55. The average molecular weight is 193 g/mol. The lowest BCUT2D eigenvalue weighted by Gasteiger charge is -2.47. The molecule has 2 rings (SSSR count). The Morgan fingerprint density at radius 1 is 1.64 bits per heavy atom. The standard InChI is InChI=1S/C11H19N3/c1-13-10(9-3-6-14-7-9)11(8-12)4-2-5-11/h3,6-7,10,13-14H,2,4-5,8,12H2,1H3. The molecule has 0 aliphatic heterocycles. The van der Waals surface area contributed by atoms with Crippen LogP contribution < -0.4 is 11.1 Å². The van der Waals surface area contributed by atoms with Gasteiger partial charge in [-0.25, -0.2) is 0 Å². The van der Waals surface area contributed by atoms with Gasteiger partial charge in [0.15, 0.2) is 0 Å². The van der Waals surface area contributed by atoms with Gasteiger partial charge in [-0.3, -0.25) is 0 Å². The van der Waals surface area contributed by atoms with Crippen LogP contribution in [-0.4, -0.2) is 18.6 Å². The molecule has 1 fully saturated rings. The lowest BCUT2D eigenvalue weighted by Crippen LogP contribution is -2.47. The molecule has 0 aromatic carbocycles. The van der Waals surface area contributed by atoms with Gasteiger partial charge < -0.3 is 16.0 Å². The van der Waals surface area contributed by atoms with E-state index in [9.17, 15) is 0 Å². The van der Waals surface area contributed by atoms with Crippen LogP contribution in [0.4, 0.5) is 0 Å². The van der Waals surface area contributed by atoms with Crippen LogP contribution in [0.15, 0.2) is 18.5 Å². The van der Waals surface area contributed by atoms with E-state index in [2.05, 4.69) is 22.6 Å². The topological polar surface area (TPSA) is 53.8 Å². The van der Waals surface area contributed by atoms with E-state index in [1.54, 1.807) is 0 Å². The number of hydrogen-bond donors (Lipinski definition) is 3. The van der Waals surface area contributed by atoms with Gasteiger partial charge in [0, 0.05) is 23.9 Å². The molecule has 0 bridgehead atoms. The molecule has 0 saturated heterocycles. The fourth-order valence-corrected chi connectivity index (χ4v) is 2.58. The van der Waals surface area contributed by atoms with Crippen molar-refractivity contribution in [2.75, 3.05) is 13.6 Å². The van der Waals surface area contributed by atoms with Gasteiger partial charge in [-0.15, -0.1) is 0 Å². The summed E-state index contributed by atoms with van der Waals surface area (Å²) >= 11 is 0. The summed E-state index contributed by atoms with van der Waals surface area (Å²) in [4.78, 5) is 3.11. The number of nitrogens with two attached hydrogens (primary N) is 1. The molecular formula is C11H19N3. The zero-order valence-electron chi connectivity index (χ0n) is 8.72. The largest absolute Gasteiger partial charge is 0.367 e. The van der Waals surface area contributed by atoms with Crippen molar-refractivity contribution in [1.82, 2.24) is 10.3 Å². The van der Waals surface area contributed by atoms with Crippen molar-refractivity contribution in [1.29, 1.82) is 0 Å². The average Bonchev–Trinajstić information content (AvgIpc) is 2.63. The molecule has 1 unspecified atom stereocenters. The predicted octanol–water partition coefficient (Wildman–Crippen LogP) is 1.40. The van der Waals surface area contributed by atoms with Crippen molar-refractivity contribution in [2.45, 2.75) is 25.3 Å². The molecule has 1 aliphatic carbocycles. The Morgan fingerprint density at radius 3 is 2.79 bits per heavy atom. The quantitative estimate of drug-likeness (QED) is 0.677. The molecule has 1 saturated carbocycles. The number of aromatic amines is 1. The van der Waals surface area contributed by atoms with Gasteiger partial charge in [-0.1, -0.05) is 6.42 Å². The van der Waals surface area contributed by atoms with E-state index in [-0.39, 0.29) is 0 Å². The SMILES string of the molecule is CNC(c1cc[nH]c1)C1(CN)CCC1. The van der Waals surface area contributed by atoms with E-state index in [0.717, 1.165) is 6.54 Å². The minimum atomic E-state index is 0.303. The zero-order valence-corrected chi connectivity index (χ0v) is 8.72. The fraction of sp³-hybridized carbons (Fsp3) is 0.636. The molecule has 1 aromatic heterocycles. The molecule has 0 amide bonds. The van der Waals surface area contributed by atoms with Crippen LogP contribution in [0.2, 0.25) is 0 Å². The molecule has 3 heteroatoms. The van der Waals surface area contributed by atoms with Gasteiger partial charge in [0.05, 0.1) is 0 Å². The summed E-state index contributed by atoms with van der Waals surface area (Å²) in [6.07, 6.45) is 7.86. The lowest BCUT2D eigenvalue weighted by atomic mass is 9.62. The maximum Gasteiger partial charge on any atom is 0.0401 e. The Bertz CT molecular complexity index is 269. The van der Waals surface area contributed by atoms with Crippen molar-refractivity contribution in [2.24, 2.45) is 11.1 Å². The van der Waals surface area contributed by atoms with E-state index >= 15 is 0 Å². The smallest absolute Gasteiger partial charge is 0.0401 e. The van der Waals surface area contributed by atoms with Gasteiger partial charge in [0.25, 0.3) is 0 Å². The third kappa shape index (κ3) is 1.37. The summed E-state index contributed by atoms with van der Waals surface area (Å²) < 4.78 is 0. The summed E-state index contributed by atoms with van der Waals surface area (Å²) in [5.41, 5.74) is 7.53. The number of aromatic nitrogens is 1. The predicted molar refractivity (Wildman–Crippen MR) is 57.9 cm³/mol. The van der Waals surface area contributed by atoms with Gasteiger partial charge in [-0.2, -0.15) is 0 Å². The molecule has 1 aliphatic rings. The van der Waals surface area contributed by atoms with Gasteiger partial charge in [0.2, 0.25) is 0 Å². The first-order chi connectivity index (χ1) is 6.82. The van der Waals surface area contributed by atoms with Crippen molar-refractivity contribution in [3.63, 3.8) is 0 Å². The van der Waals surface area contributed by atoms with Crippen molar-refractivity contribution in [3.8, 4) is 0 Å². The Balaban J connectivity index is 2.20. The summed E-state index contributed by atoms with van der Waals surface area (Å²) in [7, 11) is 2.02. The highest BCUT2D eigenvalue weighted by atomic mass is 14.9. The lowest BCUT2D eigenvalue weighted by molar-refractivity contribution is 0.0880. The summed E-state index contributed by atoms with van der Waals surface area (Å²) in [5.74, 6) is 0. The monoisotopic (exact) mass is 193 g/mol. The van der Waals surface area contributed by atoms with Crippen molar-refractivity contribution >= 4 is 0 Å². The van der Waals surface area contributed by atoms with Gasteiger partial charge >= 0.3 is 0 Å². The van der Waals surface area contributed by atoms with Gasteiger partial charge in [-0.05, 0) is 38.1 Å². The maximum absolute atomic E-state index is 5.90. The first kappa shape index (κ1) is 9.74. The minimum absolute atomic E-state index is 0.303. The second-order valence-corrected chi connectivity index (χ2v) is 4.29. The number of H-pyrrole nitrogens is 1. The first-order valence-electron chi connectivity index (χ1n) is 5.32. The first-order valence-corrected chi connectivity index (χ1v) is 5.32. The minimum Gasteiger partial charge on any atom is -0.367 e. The molecule has 3 nitrogen and oxygen atoms in total.